The molecule has 0 radical (unpaired) electrons. The molecule has 4 nitrogen and oxygen atoms in total. The Hall–Kier alpha value is -1.39. The maximum absolute atomic E-state index is 6.17. The fraction of sp³-hybridized carbons (Fsp3) is 0.273. The molecule has 0 saturated heterocycles. The van der Waals surface area contributed by atoms with Gasteiger partial charge >= 0.3 is 0 Å². The Morgan fingerprint density at radius 3 is 2.94 bits per heavy atom. The molecule has 0 aliphatic heterocycles. The monoisotopic (exact) mass is 236 g/mol. The van der Waals surface area contributed by atoms with Crippen molar-refractivity contribution >= 4 is 11.6 Å². The molecule has 2 heterocycles. The lowest BCUT2D eigenvalue weighted by molar-refractivity contribution is 0.913. The zero-order chi connectivity index (χ0) is 11.5. The summed E-state index contributed by atoms with van der Waals surface area (Å²) in [6.45, 7) is 0.545. The molecule has 0 aliphatic rings. The molecule has 0 atom stereocenters. The van der Waals surface area contributed by atoms with Gasteiger partial charge in [-0.15, -0.1) is 0 Å². The molecule has 16 heavy (non-hydrogen) atoms. The Morgan fingerprint density at radius 2 is 2.31 bits per heavy atom. The van der Waals surface area contributed by atoms with Crippen LogP contribution in [-0.2, 0) is 13.5 Å². The molecule has 0 aliphatic carbocycles. The van der Waals surface area contributed by atoms with Crippen LogP contribution in [0.25, 0.3) is 11.4 Å². The SMILES string of the molecule is Cn1c(-c2cccnc2)nc(CCN)c1Cl. The van der Waals surface area contributed by atoms with Crippen LogP contribution in [0.2, 0.25) is 5.15 Å². The van der Waals surface area contributed by atoms with Crippen LogP contribution in [0.4, 0.5) is 0 Å². The van der Waals surface area contributed by atoms with Gasteiger partial charge in [0, 0.05) is 31.4 Å². The number of nitrogens with two attached hydrogens (primary N) is 1. The smallest absolute Gasteiger partial charge is 0.142 e. The standard InChI is InChI=1S/C11H13ClN4/c1-16-10(12)9(4-5-13)15-11(16)8-3-2-6-14-7-8/h2-3,6-7H,4-5,13H2,1H3. The normalized spacial score (nSPS) is 10.7. The van der Waals surface area contributed by atoms with E-state index in [4.69, 9.17) is 17.3 Å². The maximum Gasteiger partial charge on any atom is 0.142 e. The van der Waals surface area contributed by atoms with Crippen LogP contribution in [0.1, 0.15) is 5.69 Å². The van der Waals surface area contributed by atoms with Crippen molar-refractivity contribution in [1.29, 1.82) is 0 Å². The number of aromatic nitrogens is 3. The lowest BCUT2D eigenvalue weighted by atomic mass is 10.3. The van der Waals surface area contributed by atoms with Gasteiger partial charge in [-0.1, -0.05) is 11.6 Å². The van der Waals surface area contributed by atoms with Gasteiger partial charge in [-0.3, -0.25) is 4.98 Å². The van der Waals surface area contributed by atoms with Gasteiger partial charge in [0.2, 0.25) is 0 Å². The molecule has 0 saturated carbocycles. The first kappa shape index (κ1) is 11.1. The first-order chi connectivity index (χ1) is 7.74. The van der Waals surface area contributed by atoms with E-state index in [1.165, 1.54) is 0 Å². The van der Waals surface area contributed by atoms with Gasteiger partial charge in [0.1, 0.15) is 11.0 Å². The highest BCUT2D eigenvalue weighted by atomic mass is 35.5. The van der Waals surface area contributed by atoms with Crippen molar-refractivity contribution in [2.45, 2.75) is 6.42 Å². The molecule has 2 rings (SSSR count). The van der Waals surface area contributed by atoms with Crippen molar-refractivity contribution in [3.63, 3.8) is 0 Å². The van der Waals surface area contributed by atoms with E-state index in [1.54, 1.807) is 12.4 Å². The van der Waals surface area contributed by atoms with E-state index in [2.05, 4.69) is 9.97 Å². The van der Waals surface area contributed by atoms with Gasteiger partial charge in [-0.25, -0.2) is 4.98 Å². The van der Waals surface area contributed by atoms with Crippen LogP contribution in [0.15, 0.2) is 24.5 Å². The summed E-state index contributed by atoms with van der Waals surface area (Å²) < 4.78 is 1.85. The lowest BCUT2D eigenvalue weighted by Crippen LogP contribution is -2.03. The Kier molecular flexibility index (Phi) is 3.22. The van der Waals surface area contributed by atoms with Crippen LogP contribution < -0.4 is 5.73 Å². The molecule has 2 N–H and O–H groups in total. The van der Waals surface area contributed by atoms with Gasteiger partial charge in [-0.05, 0) is 18.7 Å². The minimum absolute atomic E-state index is 0.545. The zero-order valence-electron chi connectivity index (χ0n) is 9.02. The maximum atomic E-state index is 6.17. The van der Waals surface area contributed by atoms with E-state index in [0.29, 0.717) is 18.1 Å². The molecular weight excluding hydrogens is 224 g/mol. The van der Waals surface area contributed by atoms with Crippen LogP contribution in [0, 0.1) is 0 Å². The highest BCUT2D eigenvalue weighted by Gasteiger charge is 2.13. The van der Waals surface area contributed by atoms with Gasteiger partial charge in [0.15, 0.2) is 0 Å². The summed E-state index contributed by atoms with van der Waals surface area (Å²) in [5.74, 6) is 0.821. The lowest BCUT2D eigenvalue weighted by Gasteiger charge is -2.00. The minimum atomic E-state index is 0.545. The van der Waals surface area contributed by atoms with Crippen LogP contribution in [-0.4, -0.2) is 21.1 Å². The van der Waals surface area contributed by atoms with E-state index in [9.17, 15) is 0 Å². The summed E-state index contributed by atoms with van der Waals surface area (Å²) in [4.78, 5) is 8.55. The molecule has 0 aromatic carbocycles. The Morgan fingerprint density at radius 1 is 1.50 bits per heavy atom. The largest absolute Gasteiger partial charge is 0.330 e. The summed E-state index contributed by atoms with van der Waals surface area (Å²) in [7, 11) is 1.89. The number of hydrogen-bond acceptors (Lipinski definition) is 3. The van der Waals surface area contributed by atoms with Crippen LogP contribution >= 0.6 is 11.6 Å². The van der Waals surface area contributed by atoms with E-state index < -0.39 is 0 Å². The predicted molar refractivity (Wildman–Crippen MR) is 64.2 cm³/mol. The molecule has 0 unspecified atom stereocenters. The van der Waals surface area contributed by atoms with Crippen LogP contribution in [0.3, 0.4) is 0 Å². The minimum Gasteiger partial charge on any atom is -0.330 e. The highest BCUT2D eigenvalue weighted by Crippen LogP contribution is 2.24. The van der Waals surface area contributed by atoms with Crippen molar-refractivity contribution in [3.8, 4) is 11.4 Å². The fourth-order valence-corrected chi connectivity index (χ4v) is 1.80. The third kappa shape index (κ3) is 1.94. The molecular formula is C11H13ClN4. The fourth-order valence-electron chi connectivity index (χ4n) is 1.58. The number of rotatable bonds is 3. The Labute approximate surface area is 99.1 Å². The van der Waals surface area contributed by atoms with Crippen molar-refractivity contribution in [3.05, 3.63) is 35.4 Å². The average Bonchev–Trinajstić information content (AvgIpc) is 2.59. The second-order valence-corrected chi connectivity index (χ2v) is 3.87. The third-order valence-corrected chi connectivity index (χ3v) is 2.86. The summed E-state index contributed by atoms with van der Waals surface area (Å²) in [5.41, 5.74) is 7.30. The van der Waals surface area contributed by atoms with E-state index in [-0.39, 0.29) is 0 Å². The summed E-state index contributed by atoms with van der Waals surface area (Å²) in [6.07, 6.45) is 4.19. The third-order valence-electron chi connectivity index (χ3n) is 2.39. The molecule has 0 spiro atoms. The zero-order valence-corrected chi connectivity index (χ0v) is 9.78. The van der Waals surface area contributed by atoms with Crippen molar-refractivity contribution in [2.75, 3.05) is 6.54 Å². The van der Waals surface area contributed by atoms with Crippen molar-refractivity contribution in [1.82, 2.24) is 14.5 Å². The van der Waals surface area contributed by atoms with Crippen molar-refractivity contribution in [2.24, 2.45) is 12.8 Å². The number of hydrogen-bond donors (Lipinski definition) is 1. The first-order valence-electron chi connectivity index (χ1n) is 5.05. The van der Waals surface area contributed by atoms with E-state index >= 15 is 0 Å². The van der Waals surface area contributed by atoms with Gasteiger partial charge in [-0.2, -0.15) is 0 Å². The van der Waals surface area contributed by atoms with E-state index in [0.717, 1.165) is 17.1 Å². The van der Waals surface area contributed by atoms with Gasteiger partial charge < -0.3 is 10.3 Å². The molecule has 2 aromatic rings. The Balaban J connectivity index is 2.46. The first-order valence-corrected chi connectivity index (χ1v) is 5.43. The second-order valence-electron chi connectivity index (χ2n) is 3.51. The molecule has 0 bridgehead atoms. The summed E-state index contributed by atoms with van der Waals surface area (Å²) >= 11 is 6.17. The quantitative estimate of drug-likeness (QED) is 0.882. The second kappa shape index (κ2) is 4.63. The number of pyridine rings is 1. The van der Waals surface area contributed by atoms with Crippen LogP contribution in [0.5, 0.6) is 0 Å². The Bertz CT molecular complexity index is 478. The van der Waals surface area contributed by atoms with E-state index in [1.807, 2.05) is 23.7 Å². The molecule has 84 valence electrons. The molecule has 5 heteroatoms. The predicted octanol–water partition coefficient (Wildman–Crippen LogP) is 1.64. The highest BCUT2D eigenvalue weighted by molar-refractivity contribution is 6.30. The number of halogens is 1. The van der Waals surface area contributed by atoms with Crippen molar-refractivity contribution < 1.29 is 0 Å². The molecule has 0 fully saturated rings. The van der Waals surface area contributed by atoms with Gasteiger partial charge in [0.25, 0.3) is 0 Å². The van der Waals surface area contributed by atoms with Gasteiger partial charge in [0.05, 0.1) is 5.69 Å². The molecule has 0 amide bonds. The topological polar surface area (TPSA) is 56.7 Å². The summed E-state index contributed by atoms with van der Waals surface area (Å²) in [5, 5.41) is 0.643. The molecule has 2 aromatic heterocycles. The summed E-state index contributed by atoms with van der Waals surface area (Å²) in [6, 6.07) is 3.83. The number of nitrogens with zero attached hydrogens (tertiary/aromatic N) is 3. The average molecular weight is 237 g/mol. The number of imidazole rings is 1.